The summed E-state index contributed by atoms with van der Waals surface area (Å²) < 4.78 is 13.0. The molecule has 33 heavy (non-hydrogen) atoms. The fourth-order valence-electron chi connectivity index (χ4n) is 4.47. The van der Waals surface area contributed by atoms with Gasteiger partial charge in [-0.25, -0.2) is 4.68 Å². The lowest BCUT2D eigenvalue weighted by atomic mass is 9.76. The molecule has 9 heteroatoms. The minimum atomic E-state index is -1.85. The summed E-state index contributed by atoms with van der Waals surface area (Å²) in [6.45, 7) is 1.89. The highest BCUT2D eigenvalue weighted by atomic mass is 16.7. The monoisotopic (exact) mass is 439 g/mol. The van der Waals surface area contributed by atoms with E-state index in [-0.39, 0.29) is 23.3 Å². The number of carbonyl (C=O) groups excluding carboxylic acids is 1. The van der Waals surface area contributed by atoms with Crippen molar-refractivity contribution in [2.45, 2.75) is 50.3 Å². The number of aromatic nitrogens is 2. The van der Waals surface area contributed by atoms with Gasteiger partial charge in [-0.15, -0.1) is 0 Å². The summed E-state index contributed by atoms with van der Waals surface area (Å²) in [7, 11) is 11.7. The van der Waals surface area contributed by atoms with Crippen molar-refractivity contribution in [2.75, 3.05) is 0 Å². The van der Waals surface area contributed by atoms with Crippen LogP contribution >= 0.6 is 0 Å². The molecule has 2 aromatic carbocycles. The van der Waals surface area contributed by atoms with Gasteiger partial charge in [0.15, 0.2) is 32.8 Å². The summed E-state index contributed by atoms with van der Waals surface area (Å²) in [5.74, 6) is 0.233. The molecule has 7 nitrogen and oxygen atoms in total. The van der Waals surface area contributed by atoms with Crippen molar-refractivity contribution >= 4 is 21.6 Å². The normalized spacial score (nSPS) is 20.7. The Bertz CT molecular complexity index is 1180. The van der Waals surface area contributed by atoms with Crippen molar-refractivity contribution in [3.8, 4) is 17.2 Å². The molecule has 1 saturated carbocycles. The average molecular weight is 439 g/mol. The molecule has 5 rings (SSSR count). The maximum absolute atomic E-state index is 13.2. The van der Waals surface area contributed by atoms with Gasteiger partial charge in [-0.1, -0.05) is 12.1 Å². The van der Waals surface area contributed by atoms with E-state index in [4.69, 9.17) is 25.2 Å². The number of amides is 1. The first-order chi connectivity index (χ1) is 15.8. The Hall–Kier alpha value is -3.19. The molecule has 4 radical (unpaired) electrons. The lowest BCUT2D eigenvalue weighted by Crippen LogP contribution is -2.41. The van der Waals surface area contributed by atoms with Gasteiger partial charge in [0.1, 0.15) is 0 Å². The van der Waals surface area contributed by atoms with Crippen molar-refractivity contribution in [3.05, 3.63) is 71.0 Å². The number of carbonyl (C=O) groups is 1. The molecule has 1 fully saturated rings. The van der Waals surface area contributed by atoms with Gasteiger partial charge in [0.2, 0.25) is 0 Å². The first kappa shape index (κ1) is 21.6. The molecule has 1 aromatic heterocycles. The number of benzene rings is 2. The van der Waals surface area contributed by atoms with Crippen LogP contribution in [0.2, 0.25) is 0 Å². The third-order valence-corrected chi connectivity index (χ3v) is 6.26. The van der Waals surface area contributed by atoms with E-state index >= 15 is 0 Å². The average Bonchev–Trinajstić information content (AvgIpc) is 3.51. The second kappa shape index (κ2) is 8.30. The van der Waals surface area contributed by atoms with Crippen molar-refractivity contribution in [2.24, 2.45) is 0 Å². The molecule has 2 aliphatic rings. The second-order valence-corrected chi connectivity index (χ2v) is 8.66. The fraction of sp³-hybridized carbons (Fsp3) is 0.333. The Morgan fingerprint density at radius 3 is 2.67 bits per heavy atom. The minimum Gasteiger partial charge on any atom is -0.468 e. The summed E-state index contributed by atoms with van der Waals surface area (Å²) in [5, 5.41) is 17.3. The Morgan fingerprint density at radius 1 is 1.24 bits per heavy atom. The van der Waals surface area contributed by atoms with Gasteiger partial charge in [-0.3, -0.25) is 4.79 Å². The molecule has 0 unspecified atom stereocenters. The van der Waals surface area contributed by atoms with Gasteiger partial charge in [-0.2, -0.15) is 5.10 Å². The van der Waals surface area contributed by atoms with Crippen molar-refractivity contribution in [1.29, 1.82) is 0 Å². The molecular formula is C24H23B2N3O4. The van der Waals surface area contributed by atoms with Crippen LogP contribution in [0.5, 0.6) is 11.5 Å². The van der Waals surface area contributed by atoms with Crippen LogP contribution in [0, 0.1) is 6.92 Å². The largest absolute Gasteiger partial charge is 0.468 e. The highest BCUT2D eigenvalue weighted by Gasteiger charge is 2.37. The zero-order valence-electron chi connectivity index (χ0n) is 18.3. The highest BCUT2D eigenvalue weighted by molar-refractivity contribution is 6.38. The highest BCUT2D eigenvalue weighted by Crippen LogP contribution is 2.45. The van der Waals surface area contributed by atoms with E-state index in [2.05, 4.69) is 10.4 Å². The smallest absolute Gasteiger partial charge is 0.255 e. The molecule has 3 aromatic rings. The second-order valence-electron chi connectivity index (χ2n) is 8.66. The van der Waals surface area contributed by atoms with Crippen LogP contribution in [-0.4, -0.2) is 54.2 Å². The number of nitrogens with one attached hydrogen (secondary N) is 1. The molecule has 2 heterocycles. The number of fused-ring (bicyclic) bond motifs is 1. The fourth-order valence-corrected chi connectivity index (χ4v) is 4.47. The van der Waals surface area contributed by atoms with Crippen LogP contribution in [0.15, 0.2) is 48.8 Å². The van der Waals surface area contributed by atoms with Gasteiger partial charge in [-0.05, 0) is 73.6 Å². The topological polar surface area (TPSA) is 85.6 Å². The molecule has 1 amide bonds. The van der Waals surface area contributed by atoms with Crippen LogP contribution in [0.3, 0.4) is 0 Å². The summed E-state index contributed by atoms with van der Waals surface area (Å²) in [4.78, 5) is 13.2. The number of aliphatic hydroxyl groups is 1. The number of aliphatic hydroxyl groups excluding tert-OH is 1. The van der Waals surface area contributed by atoms with E-state index in [1.807, 2.05) is 43.5 Å². The van der Waals surface area contributed by atoms with Crippen LogP contribution in [-0.2, 0) is 6.42 Å². The SMILES string of the molecule is [B]C1([B])Oc2c(C(=O)N[C@H]3CCC[C@@H]3O)cc(Cc3ccc(-n4cccn4)cc3)c(C)c2O1. The lowest BCUT2D eigenvalue weighted by Gasteiger charge is -2.19. The quantitative estimate of drug-likeness (QED) is 0.596. The van der Waals surface area contributed by atoms with E-state index in [0.717, 1.165) is 35.2 Å². The summed E-state index contributed by atoms with van der Waals surface area (Å²) >= 11 is 0. The van der Waals surface area contributed by atoms with Gasteiger partial charge in [0.05, 0.1) is 23.4 Å². The lowest BCUT2D eigenvalue weighted by molar-refractivity contribution is 0.0793. The summed E-state index contributed by atoms with van der Waals surface area (Å²) in [6.07, 6.45) is 5.89. The minimum absolute atomic E-state index is 0.222. The summed E-state index contributed by atoms with van der Waals surface area (Å²) in [6, 6.07) is 11.4. The van der Waals surface area contributed by atoms with Crippen molar-refractivity contribution in [3.63, 3.8) is 0 Å². The molecule has 1 aliphatic carbocycles. The van der Waals surface area contributed by atoms with Crippen LogP contribution in [0.25, 0.3) is 5.69 Å². The summed E-state index contributed by atoms with van der Waals surface area (Å²) in [5.41, 5.74) is 2.14. The van der Waals surface area contributed by atoms with Crippen molar-refractivity contribution < 1.29 is 19.4 Å². The maximum Gasteiger partial charge on any atom is 0.255 e. The molecule has 0 saturated heterocycles. The van der Waals surface area contributed by atoms with E-state index < -0.39 is 11.7 Å². The molecule has 2 N–H and O–H groups in total. The van der Waals surface area contributed by atoms with Crippen LogP contribution in [0.1, 0.15) is 46.3 Å². The molecule has 1 aliphatic heterocycles. The Kier molecular flexibility index (Phi) is 5.44. The van der Waals surface area contributed by atoms with E-state index in [1.54, 1.807) is 16.9 Å². The van der Waals surface area contributed by atoms with Gasteiger partial charge < -0.3 is 19.9 Å². The molecule has 164 valence electrons. The standard InChI is InChI=1S/C24H23B2N3O4/c1-14-16(12-15-6-8-17(9-7-15)29-11-3-10-27-29)13-18(22-21(14)32-24(25,26)33-22)23(31)28-19-4-2-5-20(19)30/h3,6-11,13,19-20,30H,2,4-5,12H2,1H3,(H,28,31)/t19-,20-/m0/s1. The number of ether oxygens (including phenoxy) is 2. The Labute approximate surface area is 194 Å². The Balaban J connectivity index is 1.46. The first-order valence-electron chi connectivity index (χ1n) is 11.0. The van der Waals surface area contributed by atoms with E-state index in [0.29, 0.717) is 18.6 Å². The third-order valence-electron chi connectivity index (χ3n) is 6.26. The molecule has 0 spiro atoms. The van der Waals surface area contributed by atoms with Gasteiger partial charge in [0.25, 0.3) is 5.91 Å². The Morgan fingerprint density at radius 2 is 2.00 bits per heavy atom. The van der Waals surface area contributed by atoms with E-state index in [1.165, 1.54) is 0 Å². The first-order valence-corrected chi connectivity index (χ1v) is 11.0. The number of hydrogen-bond acceptors (Lipinski definition) is 5. The number of hydrogen-bond donors (Lipinski definition) is 2. The van der Waals surface area contributed by atoms with Gasteiger partial charge >= 0.3 is 0 Å². The molecular weight excluding hydrogens is 416 g/mol. The third kappa shape index (κ3) is 4.25. The predicted octanol–water partition coefficient (Wildman–Crippen LogP) is 2.13. The van der Waals surface area contributed by atoms with Crippen LogP contribution in [0.4, 0.5) is 0 Å². The molecule has 0 bridgehead atoms. The van der Waals surface area contributed by atoms with E-state index in [9.17, 15) is 9.90 Å². The maximum atomic E-state index is 13.2. The zero-order valence-corrected chi connectivity index (χ0v) is 18.3. The number of nitrogens with zero attached hydrogens (tertiary/aromatic N) is 2. The number of rotatable bonds is 5. The van der Waals surface area contributed by atoms with Crippen LogP contribution < -0.4 is 14.8 Å². The zero-order chi connectivity index (χ0) is 23.2. The molecule has 2 atom stereocenters. The van der Waals surface area contributed by atoms with Crippen molar-refractivity contribution in [1.82, 2.24) is 15.1 Å². The van der Waals surface area contributed by atoms with Gasteiger partial charge in [0, 0.05) is 12.4 Å². The predicted molar refractivity (Wildman–Crippen MR) is 124 cm³/mol.